The van der Waals surface area contributed by atoms with Crippen LogP contribution in [0.5, 0.6) is 0 Å². The van der Waals surface area contributed by atoms with Gasteiger partial charge in [0.1, 0.15) is 11.6 Å². The number of nitrogens with one attached hydrogen (secondary N) is 1. The number of carbonyl (C=O) groups is 1. The van der Waals surface area contributed by atoms with Gasteiger partial charge in [0.25, 0.3) is 5.91 Å². The van der Waals surface area contributed by atoms with Gasteiger partial charge in [-0.15, -0.1) is 11.8 Å². The third-order valence-corrected chi connectivity index (χ3v) is 7.08. The lowest BCUT2D eigenvalue weighted by Crippen LogP contribution is -2.41. The van der Waals surface area contributed by atoms with Crippen molar-refractivity contribution in [3.05, 3.63) is 83.6 Å². The Morgan fingerprint density at radius 1 is 0.971 bits per heavy atom. The lowest BCUT2D eigenvalue weighted by Gasteiger charge is -2.32. The van der Waals surface area contributed by atoms with Crippen LogP contribution in [0, 0.1) is 11.6 Å². The molecule has 0 aliphatic carbocycles. The zero-order valence-corrected chi connectivity index (χ0v) is 20.2. The fourth-order valence-electron chi connectivity index (χ4n) is 3.39. The molecule has 4 rings (SSSR count). The number of amides is 1. The highest BCUT2D eigenvalue weighted by Gasteiger charge is 2.52. The minimum Gasteiger partial charge on any atom is -0.399 e. The molecule has 0 spiro atoms. The van der Waals surface area contributed by atoms with Gasteiger partial charge < -0.3 is 14.6 Å². The van der Waals surface area contributed by atoms with E-state index in [2.05, 4.69) is 10.3 Å². The molecular weight excluding hydrogens is 457 g/mol. The van der Waals surface area contributed by atoms with Gasteiger partial charge in [-0.1, -0.05) is 6.07 Å². The van der Waals surface area contributed by atoms with E-state index in [1.807, 2.05) is 27.7 Å². The second-order valence-electron chi connectivity index (χ2n) is 9.07. The summed E-state index contributed by atoms with van der Waals surface area (Å²) in [5.74, 6) is -0.605. The number of hydrogen-bond acceptors (Lipinski definition) is 5. The number of aromatic nitrogens is 1. The Labute approximate surface area is 202 Å². The van der Waals surface area contributed by atoms with E-state index in [1.165, 1.54) is 54.4 Å². The topological polar surface area (TPSA) is 60.5 Å². The third-order valence-electron chi connectivity index (χ3n) is 6.09. The van der Waals surface area contributed by atoms with E-state index in [9.17, 15) is 13.6 Å². The number of carbonyl (C=O) groups excluding carboxylic acids is 1. The maximum absolute atomic E-state index is 14.0. The molecule has 1 aromatic heterocycles. The summed E-state index contributed by atoms with van der Waals surface area (Å²) in [4.78, 5) is 16.8. The van der Waals surface area contributed by atoms with Crippen molar-refractivity contribution in [2.75, 3.05) is 5.32 Å². The van der Waals surface area contributed by atoms with Crippen molar-refractivity contribution in [1.29, 1.82) is 0 Å². The van der Waals surface area contributed by atoms with Crippen LogP contribution in [0.15, 0.2) is 65.8 Å². The van der Waals surface area contributed by atoms with Gasteiger partial charge in [0.2, 0.25) is 0 Å². The summed E-state index contributed by atoms with van der Waals surface area (Å²) in [5.41, 5.74) is 1.40. The van der Waals surface area contributed by atoms with Crippen LogP contribution < -0.4 is 10.8 Å². The highest BCUT2D eigenvalue weighted by atomic mass is 32.2. The molecule has 34 heavy (non-hydrogen) atoms. The first kappa shape index (κ1) is 24.4. The van der Waals surface area contributed by atoms with E-state index in [0.29, 0.717) is 22.0 Å². The normalized spacial score (nSPS) is 16.5. The zero-order chi connectivity index (χ0) is 24.5. The van der Waals surface area contributed by atoms with Gasteiger partial charge in [0.05, 0.1) is 21.8 Å². The molecule has 2 aromatic carbocycles. The molecular formula is C25H25BF2N2O3S. The van der Waals surface area contributed by atoms with Crippen LogP contribution >= 0.6 is 11.8 Å². The van der Waals surface area contributed by atoms with Crippen LogP contribution in [0.1, 0.15) is 43.6 Å². The summed E-state index contributed by atoms with van der Waals surface area (Å²) in [6.45, 7) is 7.90. The highest BCUT2D eigenvalue weighted by Crippen LogP contribution is 2.37. The minimum atomic E-state index is -0.591. The van der Waals surface area contributed by atoms with E-state index >= 15 is 0 Å². The van der Waals surface area contributed by atoms with Crippen molar-refractivity contribution in [2.24, 2.45) is 0 Å². The number of halogens is 2. The van der Waals surface area contributed by atoms with Gasteiger partial charge in [-0.05, 0) is 87.3 Å². The van der Waals surface area contributed by atoms with Crippen molar-refractivity contribution < 1.29 is 22.9 Å². The lowest BCUT2D eigenvalue weighted by molar-refractivity contribution is 0.00578. The van der Waals surface area contributed by atoms with Crippen LogP contribution in [0.2, 0.25) is 0 Å². The van der Waals surface area contributed by atoms with Crippen molar-refractivity contribution >= 4 is 35.9 Å². The second-order valence-corrected chi connectivity index (χ2v) is 10.1. The van der Waals surface area contributed by atoms with Crippen molar-refractivity contribution in [2.45, 2.75) is 49.7 Å². The molecule has 2 heterocycles. The second kappa shape index (κ2) is 9.48. The molecule has 1 N–H and O–H groups in total. The average molecular weight is 482 g/mol. The first-order chi connectivity index (χ1) is 16.0. The van der Waals surface area contributed by atoms with E-state index in [0.717, 1.165) is 11.0 Å². The number of nitrogens with zero attached hydrogens (tertiary/aromatic N) is 1. The summed E-state index contributed by atoms with van der Waals surface area (Å²) in [6.07, 6.45) is 1.47. The summed E-state index contributed by atoms with van der Waals surface area (Å²) in [5, 5.41) is 3.38. The maximum Gasteiger partial charge on any atom is 0.495 e. The minimum absolute atomic E-state index is 0.336. The summed E-state index contributed by atoms with van der Waals surface area (Å²) >= 11 is 1.42. The highest BCUT2D eigenvalue weighted by molar-refractivity contribution is 7.98. The van der Waals surface area contributed by atoms with Crippen molar-refractivity contribution in [3.63, 3.8) is 0 Å². The van der Waals surface area contributed by atoms with E-state index < -0.39 is 18.3 Å². The van der Waals surface area contributed by atoms with Crippen LogP contribution in [-0.4, -0.2) is 29.2 Å². The Morgan fingerprint density at radius 2 is 1.62 bits per heavy atom. The number of anilines is 1. The number of benzene rings is 2. The summed E-state index contributed by atoms with van der Waals surface area (Å²) in [6, 6.07) is 13.5. The molecule has 1 saturated heterocycles. The van der Waals surface area contributed by atoms with Gasteiger partial charge >= 0.3 is 7.12 Å². The molecule has 1 aliphatic rings. The molecule has 0 saturated carbocycles. The van der Waals surface area contributed by atoms with Crippen LogP contribution in [0.4, 0.5) is 14.5 Å². The quantitative estimate of drug-likeness (QED) is 0.387. The first-order valence-corrected chi connectivity index (χ1v) is 11.8. The van der Waals surface area contributed by atoms with Crippen molar-refractivity contribution in [1.82, 2.24) is 4.98 Å². The molecule has 1 amide bonds. The largest absolute Gasteiger partial charge is 0.495 e. The fourth-order valence-corrected chi connectivity index (χ4v) is 4.23. The Bertz CT molecular complexity index is 1170. The molecule has 0 radical (unpaired) electrons. The number of pyridine rings is 1. The van der Waals surface area contributed by atoms with Gasteiger partial charge in [0.15, 0.2) is 0 Å². The molecule has 0 unspecified atom stereocenters. The average Bonchev–Trinajstić information content (AvgIpc) is 3.01. The fraction of sp³-hybridized carbons (Fsp3) is 0.280. The van der Waals surface area contributed by atoms with Crippen molar-refractivity contribution in [3.8, 4) is 0 Å². The Morgan fingerprint density at radius 3 is 2.24 bits per heavy atom. The summed E-state index contributed by atoms with van der Waals surface area (Å²) in [7, 11) is -0.591. The predicted octanol–water partition coefficient (Wildman–Crippen LogP) is 5.20. The maximum atomic E-state index is 14.0. The number of rotatable bonds is 6. The Kier molecular flexibility index (Phi) is 6.80. The molecule has 0 bridgehead atoms. The molecule has 1 fully saturated rings. The van der Waals surface area contributed by atoms with Crippen LogP contribution in [-0.2, 0) is 15.1 Å². The van der Waals surface area contributed by atoms with Crippen LogP contribution in [0.25, 0.3) is 0 Å². The molecule has 5 nitrogen and oxygen atoms in total. The van der Waals surface area contributed by atoms with Gasteiger partial charge in [-0.2, -0.15) is 0 Å². The van der Waals surface area contributed by atoms with Gasteiger partial charge in [0, 0.05) is 17.6 Å². The standard InChI is InChI=1S/C25H25BF2N2O3S/c1-24(2)25(3,4)33-26(32-24)21-11-8-19(28)13-17(21)15-34-22-12-5-16(14-29-22)23(31)30-20-9-6-18(27)7-10-20/h5-14H,15H2,1-4H3,(H,30,31). The van der Waals surface area contributed by atoms with Crippen LogP contribution in [0.3, 0.4) is 0 Å². The lowest BCUT2D eigenvalue weighted by atomic mass is 9.76. The predicted molar refractivity (Wildman–Crippen MR) is 130 cm³/mol. The monoisotopic (exact) mass is 482 g/mol. The van der Waals surface area contributed by atoms with E-state index in [4.69, 9.17) is 9.31 Å². The number of thioether (sulfide) groups is 1. The first-order valence-electron chi connectivity index (χ1n) is 10.8. The Balaban J connectivity index is 1.43. The molecule has 3 aromatic rings. The van der Waals surface area contributed by atoms with E-state index in [1.54, 1.807) is 18.2 Å². The molecule has 0 atom stereocenters. The molecule has 9 heteroatoms. The third kappa shape index (κ3) is 5.32. The molecule has 1 aliphatic heterocycles. The van der Waals surface area contributed by atoms with E-state index in [-0.39, 0.29) is 17.5 Å². The van der Waals surface area contributed by atoms with Gasteiger partial charge in [-0.25, -0.2) is 13.8 Å². The summed E-state index contributed by atoms with van der Waals surface area (Å²) < 4.78 is 39.4. The molecule has 176 valence electrons. The smallest absolute Gasteiger partial charge is 0.399 e. The SMILES string of the molecule is CC1(C)OB(c2ccc(F)cc2CSc2ccc(C(=O)Nc3ccc(F)cc3)cn2)OC1(C)C. The number of hydrogen-bond donors (Lipinski definition) is 1. The van der Waals surface area contributed by atoms with Gasteiger partial charge in [-0.3, -0.25) is 4.79 Å². The zero-order valence-electron chi connectivity index (χ0n) is 19.4. The Hall–Kier alpha value is -2.75.